The van der Waals surface area contributed by atoms with Crippen LogP contribution in [-0.4, -0.2) is 72.5 Å². The number of ether oxygens (including phenoxy) is 3. The summed E-state index contributed by atoms with van der Waals surface area (Å²) in [6, 6.07) is 12.3. The molecule has 2 heterocycles. The van der Waals surface area contributed by atoms with E-state index in [-0.39, 0.29) is 34.3 Å². The third-order valence-electron chi connectivity index (χ3n) is 5.99. The highest BCUT2D eigenvalue weighted by Gasteiger charge is 2.38. The molecule has 3 aromatic rings. The third-order valence-corrected chi connectivity index (χ3v) is 7.32. The van der Waals surface area contributed by atoms with Crippen LogP contribution in [-0.2, 0) is 35.2 Å². The van der Waals surface area contributed by atoms with Crippen LogP contribution in [0.5, 0.6) is 0 Å². The summed E-state index contributed by atoms with van der Waals surface area (Å²) in [5.74, 6) is 0. The maximum Gasteiger partial charge on any atom is 0.511 e. The van der Waals surface area contributed by atoms with Crippen LogP contribution < -0.4 is 4.72 Å². The zero-order valence-electron chi connectivity index (χ0n) is 23.9. The molecule has 4 rings (SSSR count). The Bertz CT molecular complexity index is 1650. The molecule has 0 radical (unpaired) electrons. The van der Waals surface area contributed by atoms with Crippen molar-refractivity contribution in [2.75, 3.05) is 19.9 Å². The highest BCUT2D eigenvalue weighted by atomic mass is 32.2. The first-order chi connectivity index (χ1) is 21.1. The van der Waals surface area contributed by atoms with Gasteiger partial charge in [-0.05, 0) is 51.1 Å². The molecule has 0 bridgehead atoms. The first-order valence-electron chi connectivity index (χ1n) is 13.1. The zero-order valence-corrected chi connectivity index (χ0v) is 24.7. The molecule has 1 saturated heterocycles. The van der Waals surface area contributed by atoms with E-state index in [1.54, 1.807) is 42.8 Å². The number of carbonyl (C=O) groups is 2. The zero-order chi connectivity index (χ0) is 32.9. The van der Waals surface area contributed by atoms with E-state index in [0.29, 0.717) is 5.56 Å². The average Bonchev–Trinajstić information content (AvgIpc) is 3.39. The number of hydrogen-bond acceptors (Lipinski definition) is 11. The number of aryl methyl sites for hydroxylation is 1. The van der Waals surface area contributed by atoms with E-state index < -0.39 is 53.1 Å². The normalized spacial score (nSPS) is 14.1. The SMILES string of the molecule is Cc1ccc(-c2cc(C(F)(F)F)nn2-c2ccc(S(=O)(=O)NC(=O)OC3CN([N+]([O-])=NOCOC(=O)OC(C)C)C3)cc2)cc1. The molecule has 1 amide bonds. The van der Waals surface area contributed by atoms with E-state index in [4.69, 9.17) is 4.74 Å². The van der Waals surface area contributed by atoms with Gasteiger partial charge in [-0.2, -0.15) is 18.3 Å². The molecular weight excluding hydrogens is 629 g/mol. The first kappa shape index (κ1) is 32.8. The van der Waals surface area contributed by atoms with E-state index >= 15 is 0 Å². The maximum absolute atomic E-state index is 13.5. The van der Waals surface area contributed by atoms with E-state index in [0.717, 1.165) is 33.5 Å². The number of nitrogens with zero attached hydrogens (tertiary/aromatic N) is 5. The Labute approximate surface area is 254 Å². The van der Waals surface area contributed by atoms with Crippen LogP contribution in [0.25, 0.3) is 16.9 Å². The van der Waals surface area contributed by atoms with Crippen LogP contribution in [0.1, 0.15) is 25.1 Å². The first-order valence-corrected chi connectivity index (χ1v) is 14.6. The van der Waals surface area contributed by atoms with Gasteiger partial charge in [-0.15, -0.1) is 5.01 Å². The number of benzene rings is 2. The van der Waals surface area contributed by atoms with Gasteiger partial charge in [-0.3, -0.25) is 0 Å². The fraction of sp³-hybridized carbons (Fsp3) is 0.346. The van der Waals surface area contributed by atoms with Crippen molar-refractivity contribution < 1.29 is 55.2 Å². The summed E-state index contributed by atoms with van der Waals surface area (Å²) in [5, 5.41) is 19.7. The maximum atomic E-state index is 13.5. The minimum atomic E-state index is -4.72. The molecule has 0 aliphatic carbocycles. The van der Waals surface area contributed by atoms with Gasteiger partial charge in [0, 0.05) is 5.56 Å². The Kier molecular flexibility index (Phi) is 9.69. The molecule has 45 heavy (non-hydrogen) atoms. The van der Waals surface area contributed by atoms with Gasteiger partial charge < -0.3 is 24.3 Å². The van der Waals surface area contributed by atoms with Crippen LogP contribution in [0.4, 0.5) is 22.8 Å². The Hall–Kier alpha value is -5.07. The van der Waals surface area contributed by atoms with E-state index in [9.17, 15) is 36.4 Å². The lowest BCUT2D eigenvalue weighted by molar-refractivity contribution is -0.727. The van der Waals surface area contributed by atoms with Gasteiger partial charge in [0.1, 0.15) is 19.2 Å². The van der Waals surface area contributed by atoms with Crippen molar-refractivity contribution in [3.8, 4) is 16.9 Å². The van der Waals surface area contributed by atoms with Crippen molar-refractivity contribution in [2.24, 2.45) is 5.28 Å². The van der Waals surface area contributed by atoms with Crippen molar-refractivity contribution in [3.05, 3.63) is 71.1 Å². The van der Waals surface area contributed by atoms with Gasteiger partial charge in [0.2, 0.25) is 5.28 Å². The molecule has 0 atom stereocenters. The lowest BCUT2D eigenvalue weighted by Gasteiger charge is -2.33. The molecule has 0 saturated carbocycles. The standard InChI is InChI=1S/C26H27F3N6O9S/c1-16(2)43-25(37)41-15-42-32-35(38)33-13-20(14-33)44-24(36)31-45(39,40)21-10-8-19(9-11-21)34-22(12-23(30-34)26(27,28)29)18-6-4-17(3)5-7-18/h4-12,16,20H,13-15H2,1-3H3,(H,31,36). The van der Waals surface area contributed by atoms with Gasteiger partial charge in [0.05, 0.1) is 27.4 Å². The fourth-order valence-corrected chi connectivity index (χ4v) is 4.69. The van der Waals surface area contributed by atoms with E-state index in [1.807, 2.05) is 6.92 Å². The predicted molar refractivity (Wildman–Crippen MR) is 146 cm³/mol. The summed E-state index contributed by atoms with van der Waals surface area (Å²) in [4.78, 5) is 27.6. The summed E-state index contributed by atoms with van der Waals surface area (Å²) in [5.41, 5.74) is 0.491. The number of aromatic nitrogens is 2. The monoisotopic (exact) mass is 656 g/mol. The van der Waals surface area contributed by atoms with Gasteiger partial charge in [-0.1, -0.05) is 29.8 Å². The predicted octanol–water partition coefficient (Wildman–Crippen LogP) is 4.29. The molecule has 0 unspecified atom stereocenters. The number of amides is 1. The van der Waals surface area contributed by atoms with Gasteiger partial charge in [0.25, 0.3) is 16.8 Å². The second-order valence-electron chi connectivity index (χ2n) is 9.83. The minimum absolute atomic E-state index is 0.0225. The second-order valence-corrected chi connectivity index (χ2v) is 11.5. The lowest BCUT2D eigenvalue weighted by atomic mass is 10.1. The Morgan fingerprint density at radius 2 is 1.78 bits per heavy atom. The van der Waals surface area contributed by atoms with Crippen LogP contribution in [0.3, 0.4) is 0 Å². The average molecular weight is 657 g/mol. The summed E-state index contributed by atoms with van der Waals surface area (Å²) in [6.45, 7) is 4.04. The Morgan fingerprint density at radius 1 is 1.13 bits per heavy atom. The van der Waals surface area contributed by atoms with E-state index in [1.165, 1.54) is 12.1 Å². The van der Waals surface area contributed by atoms with Crippen LogP contribution >= 0.6 is 0 Å². The largest absolute Gasteiger partial charge is 0.569 e. The molecule has 1 N–H and O–H groups in total. The Balaban J connectivity index is 1.33. The molecule has 15 nitrogen and oxygen atoms in total. The molecule has 242 valence electrons. The summed E-state index contributed by atoms with van der Waals surface area (Å²) in [6.07, 6.45) is -8.34. The quantitative estimate of drug-likeness (QED) is 0.0822. The summed E-state index contributed by atoms with van der Waals surface area (Å²) in [7, 11) is -4.44. The summed E-state index contributed by atoms with van der Waals surface area (Å²) < 4.78 is 82.8. The van der Waals surface area contributed by atoms with Crippen molar-refractivity contribution >= 4 is 22.3 Å². The van der Waals surface area contributed by atoms with Gasteiger partial charge in [-0.25, -0.2) is 27.4 Å². The fourth-order valence-electron chi connectivity index (χ4n) is 3.81. The topological polar surface area (TPSA) is 177 Å². The Morgan fingerprint density at radius 3 is 2.38 bits per heavy atom. The highest BCUT2D eigenvalue weighted by molar-refractivity contribution is 7.90. The molecular formula is C26H27F3N6O9S. The number of hydrogen-bond donors (Lipinski definition) is 1. The number of alkyl halides is 3. The van der Waals surface area contributed by atoms with E-state index in [2.05, 4.69) is 24.7 Å². The second kappa shape index (κ2) is 13.3. The molecule has 1 fully saturated rings. The number of hydrazine groups is 1. The lowest BCUT2D eigenvalue weighted by Crippen LogP contribution is -2.56. The van der Waals surface area contributed by atoms with Crippen LogP contribution in [0, 0.1) is 12.1 Å². The third kappa shape index (κ3) is 8.52. The molecule has 0 spiro atoms. The van der Waals surface area contributed by atoms with Crippen molar-refractivity contribution in [1.82, 2.24) is 19.5 Å². The molecule has 1 aliphatic rings. The number of nitrogens with one attached hydrogen (secondary N) is 1. The molecule has 19 heteroatoms. The number of sulfonamides is 1. The van der Waals surface area contributed by atoms with Crippen molar-refractivity contribution in [3.63, 3.8) is 0 Å². The van der Waals surface area contributed by atoms with Crippen molar-refractivity contribution in [2.45, 2.75) is 44.1 Å². The molecule has 1 aliphatic heterocycles. The number of carbonyl (C=O) groups excluding carboxylic acids is 2. The molecule has 1 aromatic heterocycles. The van der Waals surface area contributed by atoms with Crippen LogP contribution in [0.2, 0.25) is 0 Å². The smallest absolute Gasteiger partial charge is 0.511 e. The molecule has 2 aromatic carbocycles. The number of rotatable bonds is 10. The van der Waals surface area contributed by atoms with Crippen LogP contribution in [0.15, 0.2) is 64.8 Å². The summed E-state index contributed by atoms with van der Waals surface area (Å²) >= 11 is 0. The minimum Gasteiger partial charge on any atom is -0.569 e. The van der Waals surface area contributed by atoms with Crippen molar-refractivity contribution in [1.29, 1.82) is 0 Å². The van der Waals surface area contributed by atoms with Gasteiger partial charge >= 0.3 is 18.4 Å². The number of halogens is 3. The highest BCUT2D eigenvalue weighted by Crippen LogP contribution is 2.33. The van der Waals surface area contributed by atoms with Gasteiger partial charge in [0.15, 0.2) is 5.69 Å².